The molecule has 0 saturated carbocycles. The molecule has 0 atom stereocenters. The number of nitrogens with zero attached hydrogens (tertiary/aromatic N) is 3. The summed E-state index contributed by atoms with van der Waals surface area (Å²) in [5, 5.41) is 11.6. The molecular formula is C17H27N4O4S+. The van der Waals surface area contributed by atoms with Gasteiger partial charge in [-0.2, -0.15) is 4.31 Å². The van der Waals surface area contributed by atoms with E-state index in [1.807, 2.05) is 4.90 Å². The van der Waals surface area contributed by atoms with Crippen LogP contribution in [-0.2, 0) is 10.0 Å². The van der Waals surface area contributed by atoms with Gasteiger partial charge in [-0.15, -0.1) is 0 Å². The Morgan fingerprint density at radius 2 is 1.77 bits per heavy atom. The zero-order chi connectivity index (χ0) is 18.9. The molecule has 8 nitrogen and oxygen atoms in total. The van der Waals surface area contributed by atoms with E-state index in [4.69, 9.17) is 0 Å². The molecule has 9 heteroatoms. The third kappa shape index (κ3) is 3.84. The molecule has 0 amide bonds. The van der Waals surface area contributed by atoms with Crippen LogP contribution < -0.4 is 9.80 Å². The maximum Gasteiger partial charge on any atom is 0.293 e. The summed E-state index contributed by atoms with van der Waals surface area (Å²) in [7, 11) is -1.59. The van der Waals surface area contributed by atoms with E-state index in [1.165, 1.54) is 21.3 Å². The molecular weight excluding hydrogens is 356 g/mol. The summed E-state index contributed by atoms with van der Waals surface area (Å²) >= 11 is 0. The summed E-state index contributed by atoms with van der Waals surface area (Å²) in [5.41, 5.74) is 0.379. The summed E-state index contributed by atoms with van der Waals surface area (Å²) in [6, 6.07) is 4.34. The predicted molar refractivity (Wildman–Crippen MR) is 99.1 cm³/mol. The Morgan fingerprint density at radius 1 is 1.15 bits per heavy atom. The number of anilines is 1. The summed E-state index contributed by atoms with van der Waals surface area (Å²) in [4.78, 5) is 14.5. The Kier molecular flexibility index (Phi) is 5.50. The van der Waals surface area contributed by atoms with Crippen molar-refractivity contribution in [1.29, 1.82) is 0 Å². The molecule has 26 heavy (non-hydrogen) atoms. The summed E-state index contributed by atoms with van der Waals surface area (Å²) in [6.07, 6.45) is 1.64. The molecule has 0 spiro atoms. The Bertz CT molecular complexity index is 767. The number of piperidine rings is 1. The van der Waals surface area contributed by atoms with E-state index in [9.17, 15) is 18.5 Å². The van der Waals surface area contributed by atoms with Gasteiger partial charge in [-0.05, 0) is 30.9 Å². The second-order valence-corrected chi connectivity index (χ2v) is 9.38. The Balaban J connectivity index is 1.90. The van der Waals surface area contributed by atoms with Crippen LogP contribution in [0, 0.1) is 16.0 Å². The molecule has 2 aliphatic rings. The van der Waals surface area contributed by atoms with Gasteiger partial charge in [-0.3, -0.25) is 10.1 Å². The van der Waals surface area contributed by atoms with Gasteiger partial charge in [0.1, 0.15) is 5.69 Å². The van der Waals surface area contributed by atoms with E-state index < -0.39 is 14.9 Å². The normalized spacial score (nSPS) is 21.1. The standard InChI is InChI=1S/C17H26N4O4S/c1-14-5-7-20(8-6-14)26(24,25)15-3-4-16(17(13-15)21(22)23)19-11-9-18(2)10-12-19/h3-4,13-14H,5-12H2,1-2H3/p+1. The number of hydrogen-bond acceptors (Lipinski definition) is 5. The molecule has 1 N–H and O–H groups in total. The van der Waals surface area contributed by atoms with Crippen molar-refractivity contribution in [3.05, 3.63) is 28.3 Å². The van der Waals surface area contributed by atoms with E-state index in [-0.39, 0.29) is 10.6 Å². The van der Waals surface area contributed by atoms with Crippen LogP contribution >= 0.6 is 0 Å². The van der Waals surface area contributed by atoms with E-state index in [2.05, 4.69) is 14.0 Å². The highest BCUT2D eigenvalue weighted by atomic mass is 32.2. The number of nitro groups is 1. The summed E-state index contributed by atoms with van der Waals surface area (Å²) in [6.45, 7) is 6.32. The zero-order valence-corrected chi connectivity index (χ0v) is 16.2. The van der Waals surface area contributed by atoms with Crippen molar-refractivity contribution in [2.75, 3.05) is 51.2 Å². The van der Waals surface area contributed by atoms with Crippen molar-refractivity contribution in [2.24, 2.45) is 5.92 Å². The van der Waals surface area contributed by atoms with Crippen molar-refractivity contribution in [3.8, 4) is 0 Å². The molecule has 0 unspecified atom stereocenters. The van der Waals surface area contributed by atoms with Crippen LogP contribution in [0.25, 0.3) is 0 Å². The predicted octanol–water partition coefficient (Wildman–Crippen LogP) is 0.350. The monoisotopic (exact) mass is 383 g/mol. The lowest BCUT2D eigenvalue weighted by Crippen LogP contribution is -3.12. The quantitative estimate of drug-likeness (QED) is 0.599. The zero-order valence-electron chi connectivity index (χ0n) is 15.3. The van der Waals surface area contributed by atoms with Crippen molar-refractivity contribution >= 4 is 21.4 Å². The van der Waals surface area contributed by atoms with E-state index in [0.29, 0.717) is 24.7 Å². The van der Waals surface area contributed by atoms with Crippen LogP contribution in [0.4, 0.5) is 11.4 Å². The first-order valence-electron chi connectivity index (χ1n) is 9.14. The highest BCUT2D eigenvalue weighted by molar-refractivity contribution is 7.89. The smallest absolute Gasteiger partial charge is 0.293 e. The number of quaternary nitrogens is 1. The third-order valence-electron chi connectivity index (χ3n) is 5.48. The van der Waals surface area contributed by atoms with Crippen LogP contribution in [0.3, 0.4) is 0 Å². The molecule has 0 aliphatic carbocycles. The van der Waals surface area contributed by atoms with Gasteiger partial charge in [-0.1, -0.05) is 6.92 Å². The fraction of sp³-hybridized carbons (Fsp3) is 0.647. The van der Waals surface area contributed by atoms with Gasteiger partial charge in [0.15, 0.2) is 0 Å². The lowest BCUT2D eigenvalue weighted by Gasteiger charge is -2.32. The number of likely N-dealkylation sites (N-methyl/N-ethyl adjacent to an activating group) is 1. The van der Waals surface area contributed by atoms with Crippen molar-refractivity contribution < 1.29 is 18.2 Å². The number of piperazine rings is 1. The van der Waals surface area contributed by atoms with Crippen LogP contribution in [-0.4, -0.2) is 64.0 Å². The van der Waals surface area contributed by atoms with E-state index in [1.54, 1.807) is 6.07 Å². The Hall–Kier alpha value is -1.71. The second-order valence-electron chi connectivity index (χ2n) is 7.44. The summed E-state index contributed by atoms with van der Waals surface area (Å²) < 4.78 is 27.2. The average molecular weight is 383 g/mol. The number of nitro benzene ring substituents is 1. The van der Waals surface area contributed by atoms with Gasteiger partial charge < -0.3 is 9.80 Å². The topological polar surface area (TPSA) is 88.2 Å². The number of sulfonamides is 1. The van der Waals surface area contributed by atoms with Crippen molar-refractivity contribution in [2.45, 2.75) is 24.7 Å². The molecule has 0 bridgehead atoms. The lowest BCUT2D eigenvalue weighted by molar-refractivity contribution is -0.880. The maximum absolute atomic E-state index is 12.9. The lowest BCUT2D eigenvalue weighted by atomic mass is 10.0. The molecule has 0 radical (unpaired) electrons. The third-order valence-corrected chi connectivity index (χ3v) is 7.38. The van der Waals surface area contributed by atoms with Crippen molar-refractivity contribution in [1.82, 2.24) is 4.31 Å². The minimum atomic E-state index is -3.69. The molecule has 3 rings (SSSR count). The first kappa shape index (κ1) is 19.1. The first-order chi connectivity index (χ1) is 12.3. The van der Waals surface area contributed by atoms with Gasteiger partial charge in [0, 0.05) is 19.2 Å². The highest BCUT2D eigenvalue weighted by Crippen LogP contribution is 2.32. The number of benzene rings is 1. The fourth-order valence-electron chi connectivity index (χ4n) is 3.58. The molecule has 2 heterocycles. The van der Waals surface area contributed by atoms with Gasteiger partial charge >= 0.3 is 0 Å². The SMILES string of the molecule is CC1CCN(S(=O)(=O)c2ccc(N3CC[NH+](C)CC3)c([N+](=O)[O-])c2)CC1. The minimum Gasteiger partial charge on any atom is -0.355 e. The minimum absolute atomic E-state index is 0.0160. The molecule has 1 aromatic carbocycles. The van der Waals surface area contributed by atoms with Gasteiger partial charge in [0.2, 0.25) is 10.0 Å². The Labute approximate surface area is 154 Å². The van der Waals surface area contributed by atoms with Crippen LogP contribution in [0.1, 0.15) is 19.8 Å². The number of nitrogens with one attached hydrogen (secondary N) is 1. The van der Waals surface area contributed by atoms with Gasteiger partial charge in [0.25, 0.3) is 5.69 Å². The number of hydrogen-bond donors (Lipinski definition) is 1. The summed E-state index contributed by atoms with van der Waals surface area (Å²) in [5.74, 6) is 0.512. The fourth-order valence-corrected chi connectivity index (χ4v) is 5.07. The van der Waals surface area contributed by atoms with E-state index >= 15 is 0 Å². The highest BCUT2D eigenvalue weighted by Gasteiger charge is 2.31. The molecule has 2 fully saturated rings. The molecule has 1 aromatic rings. The first-order valence-corrected chi connectivity index (χ1v) is 10.6. The second kappa shape index (κ2) is 7.50. The van der Waals surface area contributed by atoms with Crippen LogP contribution in [0.15, 0.2) is 23.1 Å². The Morgan fingerprint density at radius 3 is 2.35 bits per heavy atom. The average Bonchev–Trinajstić information content (AvgIpc) is 2.62. The van der Waals surface area contributed by atoms with Crippen molar-refractivity contribution in [3.63, 3.8) is 0 Å². The molecule has 2 aliphatic heterocycles. The largest absolute Gasteiger partial charge is 0.355 e. The number of rotatable bonds is 4. The van der Waals surface area contributed by atoms with E-state index in [0.717, 1.165) is 39.0 Å². The molecule has 144 valence electrons. The molecule has 2 saturated heterocycles. The van der Waals surface area contributed by atoms with Crippen LogP contribution in [0.2, 0.25) is 0 Å². The van der Waals surface area contributed by atoms with Gasteiger partial charge in [0.05, 0.1) is 43.0 Å². The van der Waals surface area contributed by atoms with Crippen LogP contribution in [0.5, 0.6) is 0 Å². The molecule has 0 aromatic heterocycles. The van der Waals surface area contributed by atoms with Gasteiger partial charge in [-0.25, -0.2) is 8.42 Å². The maximum atomic E-state index is 12.9.